The van der Waals surface area contributed by atoms with Gasteiger partial charge in [0.05, 0.1) is 33.5 Å². The lowest BCUT2D eigenvalue weighted by atomic mass is 10.1. The molecule has 4 aromatic heterocycles. The van der Waals surface area contributed by atoms with Crippen molar-refractivity contribution in [2.75, 3.05) is 0 Å². The van der Waals surface area contributed by atoms with E-state index < -0.39 is 0 Å². The van der Waals surface area contributed by atoms with Crippen LogP contribution < -0.4 is 0 Å². The lowest BCUT2D eigenvalue weighted by Gasteiger charge is -2.12. The summed E-state index contributed by atoms with van der Waals surface area (Å²) in [7, 11) is 0. The minimum atomic E-state index is 0.661. The molecule has 0 aliphatic rings. The Morgan fingerprint density at radius 1 is 0.392 bits per heavy atom. The Labute approximate surface area is 297 Å². The monoisotopic (exact) mass is 668 g/mol. The first-order valence-electron chi connectivity index (χ1n) is 17.2. The van der Waals surface area contributed by atoms with E-state index >= 15 is 0 Å². The van der Waals surface area contributed by atoms with Crippen molar-refractivity contribution in [3.8, 4) is 34.2 Å². The lowest BCUT2D eigenvalue weighted by Crippen LogP contribution is -2.03. The van der Waals surface area contributed by atoms with Crippen molar-refractivity contribution in [1.82, 2.24) is 19.1 Å². The summed E-state index contributed by atoms with van der Waals surface area (Å²) < 4.78 is 7.21. The first-order valence-corrected chi connectivity index (χ1v) is 18.0. The second-order valence-corrected chi connectivity index (χ2v) is 14.1. The van der Waals surface area contributed by atoms with Gasteiger partial charge in [-0.1, -0.05) is 121 Å². The summed E-state index contributed by atoms with van der Waals surface area (Å²) in [6, 6.07) is 60.4. The van der Waals surface area contributed by atoms with Gasteiger partial charge in [0, 0.05) is 58.5 Å². The van der Waals surface area contributed by atoms with Crippen LogP contribution in [-0.4, -0.2) is 19.1 Å². The summed E-state index contributed by atoms with van der Waals surface area (Å²) in [5, 5.41) is 7.45. The Kier molecular flexibility index (Phi) is 6.09. The second kappa shape index (κ2) is 11.0. The van der Waals surface area contributed by atoms with Gasteiger partial charge in [-0.3, -0.25) is 4.57 Å². The number of thiophene rings is 1. The van der Waals surface area contributed by atoms with Gasteiger partial charge in [-0.05, 0) is 48.5 Å². The Morgan fingerprint density at radius 2 is 0.961 bits per heavy atom. The molecule has 4 heterocycles. The Morgan fingerprint density at radius 3 is 1.63 bits per heavy atom. The maximum absolute atomic E-state index is 5.26. The van der Waals surface area contributed by atoms with Crippen LogP contribution >= 0.6 is 11.3 Å². The predicted octanol–water partition coefficient (Wildman–Crippen LogP) is 12.4. The molecule has 0 N–H and O–H groups in total. The summed E-state index contributed by atoms with van der Waals surface area (Å²) in [4.78, 5) is 10.5. The highest BCUT2D eigenvalue weighted by Gasteiger charge is 2.22. The van der Waals surface area contributed by atoms with Crippen LogP contribution in [0.15, 0.2) is 170 Å². The molecule has 0 saturated heterocycles. The van der Waals surface area contributed by atoms with Crippen molar-refractivity contribution >= 4 is 75.1 Å². The van der Waals surface area contributed by atoms with Gasteiger partial charge >= 0.3 is 0 Å². The van der Waals surface area contributed by atoms with Crippen molar-refractivity contribution < 1.29 is 0 Å². The van der Waals surface area contributed by atoms with Gasteiger partial charge in [0.15, 0.2) is 0 Å². The smallest absolute Gasteiger partial charge is 0.235 e. The zero-order chi connectivity index (χ0) is 33.5. The molecule has 51 heavy (non-hydrogen) atoms. The predicted molar refractivity (Wildman–Crippen MR) is 214 cm³/mol. The summed E-state index contributed by atoms with van der Waals surface area (Å²) in [6.45, 7) is 0. The number of fused-ring (bicyclic) bond motifs is 10. The van der Waals surface area contributed by atoms with Gasteiger partial charge in [0.2, 0.25) is 5.95 Å². The molecule has 0 fully saturated rings. The van der Waals surface area contributed by atoms with Gasteiger partial charge in [-0.15, -0.1) is 11.3 Å². The van der Waals surface area contributed by atoms with E-state index in [0.717, 1.165) is 39.2 Å². The number of nitrogens with zero attached hydrogens (tertiary/aromatic N) is 4. The van der Waals surface area contributed by atoms with Gasteiger partial charge in [0.1, 0.15) is 0 Å². The Hall–Kier alpha value is -6.56. The molecular weight excluding hydrogens is 641 g/mol. The van der Waals surface area contributed by atoms with Gasteiger partial charge in [-0.2, -0.15) is 0 Å². The average molecular weight is 669 g/mol. The minimum absolute atomic E-state index is 0.661. The van der Waals surface area contributed by atoms with Crippen LogP contribution in [0.5, 0.6) is 0 Å². The molecule has 11 rings (SSSR count). The third-order valence-corrected chi connectivity index (χ3v) is 11.2. The fourth-order valence-corrected chi connectivity index (χ4v) is 9.01. The van der Waals surface area contributed by atoms with Crippen LogP contribution in [-0.2, 0) is 0 Å². The maximum Gasteiger partial charge on any atom is 0.235 e. The van der Waals surface area contributed by atoms with Crippen LogP contribution in [0.1, 0.15) is 0 Å². The molecule has 0 spiro atoms. The van der Waals surface area contributed by atoms with E-state index in [0.29, 0.717) is 5.95 Å². The van der Waals surface area contributed by atoms with E-state index in [2.05, 4.69) is 167 Å². The molecule has 0 saturated carbocycles. The van der Waals surface area contributed by atoms with Crippen molar-refractivity contribution in [2.45, 2.75) is 0 Å². The number of hydrogen-bond donors (Lipinski definition) is 0. The van der Waals surface area contributed by atoms with Crippen LogP contribution in [0.25, 0.3) is 97.9 Å². The number of para-hydroxylation sites is 3. The fraction of sp³-hybridized carbons (Fsp3) is 0. The molecule has 0 unspecified atom stereocenters. The van der Waals surface area contributed by atoms with Crippen molar-refractivity contribution in [2.24, 2.45) is 0 Å². The van der Waals surface area contributed by atoms with E-state index in [1.807, 2.05) is 23.5 Å². The molecule has 0 bridgehead atoms. The first-order chi connectivity index (χ1) is 25.3. The summed E-state index contributed by atoms with van der Waals surface area (Å²) in [6.07, 6.45) is 0. The SMILES string of the molecule is c1ccc(-c2cc(-c3ccccc3)nc(-n3c4ccccc4c4cc5c(cc43)sc3ccc4c6ccccc6n(-c6ccccc6)c4c35)n2)cc1. The molecule has 5 heteroatoms. The second-order valence-electron chi connectivity index (χ2n) is 13.0. The normalized spacial score (nSPS) is 11.9. The van der Waals surface area contributed by atoms with Gasteiger partial charge in [0.25, 0.3) is 0 Å². The van der Waals surface area contributed by atoms with Gasteiger partial charge < -0.3 is 4.57 Å². The number of aromatic nitrogens is 4. The summed E-state index contributed by atoms with van der Waals surface area (Å²) in [5.41, 5.74) is 9.72. The molecular formula is C46H28N4S. The highest BCUT2D eigenvalue weighted by atomic mass is 32.1. The molecule has 11 aromatic rings. The van der Waals surface area contributed by atoms with E-state index in [4.69, 9.17) is 9.97 Å². The van der Waals surface area contributed by atoms with E-state index in [9.17, 15) is 0 Å². The van der Waals surface area contributed by atoms with E-state index in [1.165, 1.54) is 52.8 Å². The quantitative estimate of drug-likeness (QED) is 0.187. The third-order valence-electron chi connectivity index (χ3n) is 10.1. The van der Waals surface area contributed by atoms with Crippen LogP contribution in [0.4, 0.5) is 0 Å². The Balaban J connectivity index is 1.24. The van der Waals surface area contributed by atoms with E-state index in [1.54, 1.807) is 0 Å². The third kappa shape index (κ3) is 4.25. The minimum Gasteiger partial charge on any atom is -0.309 e. The van der Waals surface area contributed by atoms with Crippen LogP contribution in [0.2, 0.25) is 0 Å². The molecule has 0 atom stereocenters. The summed E-state index contributed by atoms with van der Waals surface area (Å²) in [5.74, 6) is 0.661. The van der Waals surface area contributed by atoms with Gasteiger partial charge in [-0.25, -0.2) is 9.97 Å². The fourth-order valence-electron chi connectivity index (χ4n) is 7.89. The summed E-state index contributed by atoms with van der Waals surface area (Å²) >= 11 is 1.85. The maximum atomic E-state index is 5.26. The zero-order valence-electron chi connectivity index (χ0n) is 27.4. The molecule has 238 valence electrons. The van der Waals surface area contributed by atoms with Crippen LogP contribution in [0, 0.1) is 0 Å². The molecule has 0 radical (unpaired) electrons. The van der Waals surface area contributed by atoms with Crippen molar-refractivity contribution in [1.29, 1.82) is 0 Å². The first kappa shape index (κ1) is 28.3. The number of rotatable bonds is 4. The van der Waals surface area contributed by atoms with Crippen molar-refractivity contribution in [3.05, 3.63) is 170 Å². The standard InChI is InChI=1S/C46H28N4S/c1-4-14-29(15-5-1)37-27-38(30-16-6-2-7-17-30)48-46(47-37)50-40-23-13-11-21-33(40)35-26-36-43(28-41(35)50)51-42-25-24-34-32-20-10-12-22-39(32)49(45(34)44(36)42)31-18-8-3-9-19-31/h1-28H. The Bertz CT molecular complexity index is 3060. The number of benzene rings is 7. The average Bonchev–Trinajstić information content (AvgIpc) is 3.85. The molecule has 0 aliphatic carbocycles. The highest BCUT2D eigenvalue weighted by Crippen LogP contribution is 2.45. The lowest BCUT2D eigenvalue weighted by molar-refractivity contribution is 0.996. The molecule has 0 amide bonds. The molecule has 4 nitrogen and oxygen atoms in total. The molecule has 7 aromatic carbocycles. The topological polar surface area (TPSA) is 35.6 Å². The number of hydrogen-bond acceptors (Lipinski definition) is 3. The van der Waals surface area contributed by atoms with E-state index in [-0.39, 0.29) is 0 Å². The molecule has 0 aliphatic heterocycles. The van der Waals surface area contributed by atoms with Crippen molar-refractivity contribution in [3.63, 3.8) is 0 Å². The largest absolute Gasteiger partial charge is 0.309 e. The zero-order valence-corrected chi connectivity index (χ0v) is 28.2. The van der Waals surface area contributed by atoms with Crippen LogP contribution in [0.3, 0.4) is 0 Å². The highest BCUT2D eigenvalue weighted by molar-refractivity contribution is 7.26.